The lowest BCUT2D eigenvalue weighted by Crippen LogP contribution is -2.25. The van der Waals surface area contributed by atoms with E-state index in [1.807, 2.05) is 12.1 Å². The van der Waals surface area contributed by atoms with Crippen LogP contribution in [0.4, 0.5) is 0 Å². The summed E-state index contributed by atoms with van der Waals surface area (Å²) in [6, 6.07) is 19.4. The molecule has 0 atom stereocenters. The topological polar surface area (TPSA) is 27.0 Å². The predicted molar refractivity (Wildman–Crippen MR) is 86.1 cm³/mol. The quantitative estimate of drug-likeness (QED) is 0.849. The van der Waals surface area contributed by atoms with Crippen molar-refractivity contribution in [3.05, 3.63) is 59.7 Å². The van der Waals surface area contributed by atoms with Crippen molar-refractivity contribution in [1.82, 2.24) is 4.90 Å². The predicted octanol–water partition coefficient (Wildman–Crippen LogP) is 3.82. The summed E-state index contributed by atoms with van der Waals surface area (Å²) in [6.07, 6.45) is 1.89. The van der Waals surface area contributed by atoms with E-state index in [4.69, 9.17) is 0 Å². The summed E-state index contributed by atoms with van der Waals surface area (Å²) >= 11 is 0. The average Bonchev–Trinajstić information content (AvgIpc) is 2.79. The molecule has 0 saturated carbocycles. The second-order valence-electron chi connectivity index (χ2n) is 6.02. The SMILES string of the molecule is CN(C)CCCC1(C#N)c2ccccc2-c2ccccc21. The van der Waals surface area contributed by atoms with Gasteiger partial charge in [-0.2, -0.15) is 5.26 Å². The van der Waals surface area contributed by atoms with Gasteiger partial charge in [0.25, 0.3) is 0 Å². The van der Waals surface area contributed by atoms with Crippen molar-refractivity contribution in [3.8, 4) is 17.2 Å². The first-order valence-electron chi connectivity index (χ1n) is 7.44. The van der Waals surface area contributed by atoms with Crippen molar-refractivity contribution in [3.63, 3.8) is 0 Å². The molecule has 2 heteroatoms. The minimum absolute atomic E-state index is 0.483. The highest BCUT2D eigenvalue weighted by Gasteiger charge is 2.42. The number of benzene rings is 2. The van der Waals surface area contributed by atoms with Crippen molar-refractivity contribution in [1.29, 1.82) is 5.26 Å². The van der Waals surface area contributed by atoms with Crippen LogP contribution in [0, 0.1) is 11.3 Å². The summed E-state index contributed by atoms with van der Waals surface area (Å²) in [5.74, 6) is 0. The van der Waals surface area contributed by atoms with E-state index in [0.29, 0.717) is 0 Å². The third-order valence-electron chi connectivity index (χ3n) is 4.41. The standard InChI is InChI=1S/C19H20N2/c1-21(2)13-7-12-19(14-20)17-10-5-3-8-15(17)16-9-4-6-11-18(16)19/h3-6,8-11H,7,12-13H2,1-2H3. The molecule has 0 aromatic heterocycles. The molecule has 0 aliphatic heterocycles. The number of hydrogen-bond acceptors (Lipinski definition) is 2. The van der Waals surface area contributed by atoms with Crippen molar-refractivity contribution in [2.45, 2.75) is 18.3 Å². The molecular formula is C19H20N2. The smallest absolute Gasteiger partial charge is 0.108 e. The van der Waals surface area contributed by atoms with Crippen LogP contribution in [0.15, 0.2) is 48.5 Å². The lowest BCUT2D eigenvalue weighted by Gasteiger charge is -2.25. The van der Waals surface area contributed by atoms with Crippen LogP contribution in [0.25, 0.3) is 11.1 Å². The lowest BCUT2D eigenvalue weighted by molar-refractivity contribution is 0.380. The summed E-state index contributed by atoms with van der Waals surface area (Å²) in [4.78, 5) is 2.18. The average molecular weight is 276 g/mol. The maximum atomic E-state index is 10.0. The Labute approximate surface area is 126 Å². The molecule has 0 fully saturated rings. The fourth-order valence-corrected chi connectivity index (χ4v) is 3.43. The molecule has 106 valence electrons. The Morgan fingerprint density at radius 1 is 0.952 bits per heavy atom. The number of rotatable bonds is 4. The maximum Gasteiger partial charge on any atom is 0.108 e. The Morgan fingerprint density at radius 2 is 1.48 bits per heavy atom. The normalized spacial score (nSPS) is 14.6. The summed E-state index contributed by atoms with van der Waals surface area (Å²) in [7, 11) is 4.16. The molecule has 1 aliphatic rings. The van der Waals surface area contributed by atoms with E-state index >= 15 is 0 Å². The Kier molecular flexibility index (Phi) is 3.53. The van der Waals surface area contributed by atoms with Gasteiger partial charge in [-0.1, -0.05) is 48.5 Å². The summed E-state index contributed by atoms with van der Waals surface area (Å²) in [5, 5.41) is 10.0. The fraction of sp³-hybridized carbons (Fsp3) is 0.316. The van der Waals surface area contributed by atoms with Crippen LogP contribution in [0.3, 0.4) is 0 Å². The zero-order chi connectivity index (χ0) is 14.9. The van der Waals surface area contributed by atoms with Gasteiger partial charge in [0.1, 0.15) is 5.41 Å². The van der Waals surface area contributed by atoms with Crippen molar-refractivity contribution < 1.29 is 0 Å². The molecule has 0 N–H and O–H groups in total. The first-order valence-corrected chi connectivity index (χ1v) is 7.44. The van der Waals surface area contributed by atoms with Crippen LogP contribution in [0.2, 0.25) is 0 Å². The van der Waals surface area contributed by atoms with Gasteiger partial charge in [0, 0.05) is 0 Å². The fourth-order valence-electron chi connectivity index (χ4n) is 3.43. The maximum absolute atomic E-state index is 10.0. The number of nitrogens with zero attached hydrogens (tertiary/aromatic N) is 2. The Morgan fingerprint density at radius 3 is 1.95 bits per heavy atom. The largest absolute Gasteiger partial charge is 0.309 e. The molecule has 0 radical (unpaired) electrons. The monoisotopic (exact) mass is 276 g/mol. The summed E-state index contributed by atoms with van der Waals surface area (Å²) < 4.78 is 0. The van der Waals surface area contributed by atoms with Crippen LogP contribution < -0.4 is 0 Å². The van der Waals surface area contributed by atoms with Gasteiger partial charge in [-0.3, -0.25) is 0 Å². The highest BCUT2D eigenvalue weighted by molar-refractivity contribution is 5.82. The molecule has 2 nitrogen and oxygen atoms in total. The van der Waals surface area contributed by atoms with E-state index < -0.39 is 5.41 Å². The minimum atomic E-state index is -0.483. The molecule has 2 aromatic rings. The van der Waals surface area contributed by atoms with Gasteiger partial charge in [-0.05, 0) is 55.7 Å². The first kappa shape index (κ1) is 13.9. The summed E-state index contributed by atoms with van der Waals surface area (Å²) in [6.45, 7) is 1.01. The van der Waals surface area contributed by atoms with E-state index in [9.17, 15) is 5.26 Å². The molecule has 0 unspecified atom stereocenters. The highest BCUT2D eigenvalue weighted by Crippen LogP contribution is 2.50. The molecule has 0 heterocycles. The second-order valence-corrected chi connectivity index (χ2v) is 6.02. The number of fused-ring (bicyclic) bond motifs is 3. The van der Waals surface area contributed by atoms with E-state index in [2.05, 4.69) is 61.5 Å². The van der Waals surface area contributed by atoms with Crippen LogP contribution in [-0.2, 0) is 5.41 Å². The van der Waals surface area contributed by atoms with E-state index in [1.165, 1.54) is 22.3 Å². The van der Waals surface area contributed by atoms with Gasteiger partial charge in [-0.25, -0.2) is 0 Å². The molecule has 3 rings (SSSR count). The van der Waals surface area contributed by atoms with Crippen LogP contribution >= 0.6 is 0 Å². The summed E-state index contributed by atoms with van der Waals surface area (Å²) in [5.41, 5.74) is 4.31. The van der Waals surface area contributed by atoms with E-state index in [0.717, 1.165) is 19.4 Å². The molecule has 0 bridgehead atoms. The lowest BCUT2D eigenvalue weighted by atomic mass is 9.76. The van der Waals surface area contributed by atoms with Crippen molar-refractivity contribution in [2.24, 2.45) is 0 Å². The Balaban J connectivity index is 2.09. The van der Waals surface area contributed by atoms with E-state index in [-0.39, 0.29) is 0 Å². The van der Waals surface area contributed by atoms with Crippen LogP contribution in [-0.4, -0.2) is 25.5 Å². The number of nitriles is 1. The Hall–Kier alpha value is -2.11. The molecule has 0 spiro atoms. The molecule has 1 aliphatic carbocycles. The van der Waals surface area contributed by atoms with Gasteiger partial charge < -0.3 is 4.90 Å². The molecule has 21 heavy (non-hydrogen) atoms. The second kappa shape index (κ2) is 5.35. The van der Waals surface area contributed by atoms with Crippen molar-refractivity contribution >= 4 is 0 Å². The Bertz CT molecular complexity index is 649. The zero-order valence-electron chi connectivity index (χ0n) is 12.6. The van der Waals surface area contributed by atoms with Gasteiger partial charge in [0.05, 0.1) is 6.07 Å². The van der Waals surface area contributed by atoms with Crippen molar-refractivity contribution in [2.75, 3.05) is 20.6 Å². The van der Waals surface area contributed by atoms with Gasteiger partial charge in [-0.15, -0.1) is 0 Å². The minimum Gasteiger partial charge on any atom is -0.309 e. The molecule has 0 saturated heterocycles. The van der Waals surface area contributed by atoms with Crippen LogP contribution in [0.5, 0.6) is 0 Å². The molecule has 0 amide bonds. The third kappa shape index (κ3) is 2.14. The number of hydrogen-bond donors (Lipinski definition) is 0. The van der Waals surface area contributed by atoms with Gasteiger partial charge in [0.15, 0.2) is 0 Å². The third-order valence-corrected chi connectivity index (χ3v) is 4.41. The van der Waals surface area contributed by atoms with E-state index in [1.54, 1.807) is 0 Å². The van der Waals surface area contributed by atoms with Gasteiger partial charge >= 0.3 is 0 Å². The highest BCUT2D eigenvalue weighted by atomic mass is 15.0. The zero-order valence-corrected chi connectivity index (χ0v) is 12.6. The van der Waals surface area contributed by atoms with Crippen LogP contribution in [0.1, 0.15) is 24.0 Å². The molecule has 2 aromatic carbocycles. The van der Waals surface area contributed by atoms with Gasteiger partial charge in [0.2, 0.25) is 0 Å². The molecular weight excluding hydrogens is 256 g/mol. The first-order chi connectivity index (χ1) is 10.2.